The summed E-state index contributed by atoms with van der Waals surface area (Å²) in [4.78, 5) is 6.96. The minimum absolute atomic E-state index is 0. The molecule has 136 valence electrons. The number of hydrogen-bond donors (Lipinski definition) is 0. The smallest absolute Gasteiger partial charge is 0.0650 e. The van der Waals surface area contributed by atoms with Gasteiger partial charge in [-0.1, -0.05) is 6.07 Å². The molecule has 0 saturated carbocycles. The summed E-state index contributed by atoms with van der Waals surface area (Å²) >= 11 is 2.18. The molecule has 1 aromatic heterocycles. The minimum atomic E-state index is 0. The van der Waals surface area contributed by atoms with Crippen molar-refractivity contribution in [2.75, 3.05) is 25.5 Å². The second-order valence-corrected chi connectivity index (χ2v) is 8.33. The molecule has 3 nitrogen and oxygen atoms in total. The van der Waals surface area contributed by atoms with Crippen LogP contribution in [0.3, 0.4) is 0 Å². The van der Waals surface area contributed by atoms with Gasteiger partial charge in [0.05, 0.1) is 6.61 Å². The zero-order chi connectivity index (χ0) is 16.0. The quantitative estimate of drug-likeness (QED) is 0.670. The van der Waals surface area contributed by atoms with E-state index in [1.807, 2.05) is 18.5 Å². The maximum Gasteiger partial charge on any atom is 0.0650 e. The van der Waals surface area contributed by atoms with E-state index in [-0.39, 0.29) is 17.9 Å². The predicted octanol–water partition coefficient (Wildman–Crippen LogP) is 4.55. The van der Waals surface area contributed by atoms with Gasteiger partial charge in [0.25, 0.3) is 0 Å². The molecule has 2 aliphatic rings. The molecule has 0 spiro atoms. The molecule has 1 aromatic rings. The van der Waals surface area contributed by atoms with Crippen LogP contribution in [0.4, 0.5) is 0 Å². The molecule has 3 rings (SSSR count). The maximum atomic E-state index is 5.94. The zero-order valence-electron chi connectivity index (χ0n) is 14.8. The standard InChI is InChI=1S/C19H30N2OS.ClH/c1-2-22-16-19(10-8-18-7-4-13-23-18)9-5-12-21(19)15-17-6-3-11-20-14-17;/h3,6,11,14,18H,2,4-5,7-10,12-13,15-16H2,1H3;1H. The van der Waals surface area contributed by atoms with Crippen LogP contribution in [0, 0.1) is 0 Å². The SMILES string of the molecule is CCOCC1(CCC2CCCS2)CCCN1Cc1cccnc1.Cl. The molecule has 0 aromatic carbocycles. The summed E-state index contributed by atoms with van der Waals surface area (Å²) in [6.07, 6.45) is 11.9. The van der Waals surface area contributed by atoms with Crippen molar-refractivity contribution in [1.29, 1.82) is 0 Å². The Morgan fingerprint density at radius 3 is 3.04 bits per heavy atom. The molecule has 2 aliphatic heterocycles. The summed E-state index contributed by atoms with van der Waals surface area (Å²) < 4.78 is 5.94. The van der Waals surface area contributed by atoms with Crippen LogP contribution in [0.1, 0.15) is 51.0 Å². The van der Waals surface area contributed by atoms with E-state index in [9.17, 15) is 0 Å². The van der Waals surface area contributed by atoms with Crippen LogP contribution in [0.15, 0.2) is 24.5 Å². The van der Waals surface area contributed by atoms with Crippen LogP contribution in [0.2, 0.25) is 0 Å². The third kappa shape index (κ3) is 5.10. The van der Waals surface area contributed by atoms with Crippen LogP contribution in [0.25, 0.3) is 0 Å². The number of halogens is 1. The van der Waals surface area contributed by atoms with E-state index in [1.54, 1.807) is 0 Å². The van der Waals surface area contributed by atoms with Gasteiger partial charge in [-0.25, -0.2) is 0 Å². The predicted molar refractivity (Wildman–Crippen MR) is 105 cm³/mol. The fourth-order valence-electron chi connectivity index (χ4n) is 4.07. The van der Waals surface area contributed by atoms with Crippen molar-refractivity contribution in [3.63, 3.8) is 0 Å². The highest BCUT2D eigenvalue weighted by atomic mass is 35.5. The first kappa shape index (κ1) is 20.0. The molecule has 0 bridgehead atoms. The highest BCUT2D eigenvalue weighted by molar-refractivity contribution is 8.00. The highest BCUT2D eigenvalue weighted by Crippen LogP contribution is 2.39. The Kier molecular flexibility index (Phi) is 8.35. The zero-order valence-corrected chi connectivity index (χ0v) is 16.4. The molecule has 5 heteroatoms. The minimum Gasteiger partial charge on any atom is -0.380 e. The van der Waals surface area contributed by atoms with E-state index < -0.39 is 0 Å². The molecule has 0 radical (unpaired) electrons. The summed E-state index contributed by atoms with van der Waals surface area (Å²) in [5, 5.41) is 0.884. The van der Waals surface area contributed by atoms with Gasteiger partial charge in [0, 0.05) is 36.3 Å². The normalized spacial score (nSPS) is 27.3. The number of ether oxygens (including phenoxy) is 1. The van der Waals surface area contributed by atoms with Crippen molar-refractivity contribution < 1.29 is 4.74 Å². The molecule has 2 atom stereocenters. The molecule has 0 amide bonds. The van der Waals surface area contributed by atoms with Crippen LogP contribution in [-0.2, 0) is 11.3 Å². The Labute approximate surface area is 157 Å². The molecule has 3 heterocycles. The van der Waals surface area contributed by atoms with Crippen molar-refractivity contribution >= 4 is 24.2 Å². The van der Waals surface area contributed by atoms with Crippen LogP contribution in [-0.4, -0.2) is 46.2 Å². The topological polar surface area (TPSA) is 25.4 Å². The number of nitrogens with zero attached hydrogens (tertiary/aromatic N) is 2. The molecule has 2 fully saturated rings. The van der Waals surface area contributed by atoms with Crippen molar-refractivity contribution in [3.05, 3.63) is 30.1 Å². The van der Waals surface area contributed by atoms with Crippen molar-refractivity contribution in [2.24, 2.45) is 0 Å². The number of pyridine rings is 1. The lowest BCUT2D eigenvalue weighted by atomic mass is 9.89. The maximum absolute atomic E-state index is 5.94. The van der Waals surface area contributed by atoms with Gasteiger partial charge in [-0.05, 0) is 69.4 Å². The first-order valence-corrected chi connectivity index (χ1v) is 10.2. The highest BCUT2D eigenvalue weighted by Gasteiger charge is 2.41. The fourth-order valence-corrected chi connectivity index (χ4v) is 5.35. The van der Waals surface area contributed by atoms with Gasteiger partial charge in [0.2, 0.25) is 0 Å². The third-order valence-corrected chi connectivity index (χ3v) is 6.83. The molecule has 2 unspecified atom stereocenters. The van der Waals surface area contributed by atoms with E-state index in [4.69, 9.17) is 4.74 Å². The second kappa shape index (κ2) is 10.0. The Hall–Kier alpha value is -0.290. The summed E-state index contributed by atoms with van der Waals surface area (Å²) in [5.41, 5.74) is 1.57. The number of hydrogen-bond acceptors (Lipinski definition) is 4. The van der Waals surface area contributed by atoms with E-state index in [1.165, 1.54) is 56.4 Å². The van der Waals surface area contributed by atoms with E-state index in [2.05, 4.69) is 34.6 Å². The molecular formula is C19H31ClN2OS. The lowest BCUT2D eigenvalue weighted by Crippen LogP contribution is -2.47. The number of likely N-dealkylation sites (tertiary alicyclic amines) is 1. The number of rotatable bonds is 8. The van der Waals surface area contributed by atoms with Gasteiger partial charge < -0.3 is 4.74 Å². The van der Waals surface area contributed by atoms with Crippen LogP contribution >= 0.6 is 24.2 Å². The Morgan fingerprint density at radius 1 is 1.42 bits per heavy atom. The van der Waals surface area contributed by atoms with Gasteiger partial charge in [0.15, 0.2) is 0 Å². The number of aromatic nitrogens is 1. The van der Waals surface area contributed by atoms with Gasteiger partial charge in [0.1, 0.15) is 0 Å². The molecule has 0 N–H and O–H groups in total. The van der Waals surface area contributed by atoms with Crippen molar-refractivity contribution in [1.82, 2.24) is 9.88 Å². The second-order valence-electron chi connectivity index (χ2n) is 6.92. The Bertz CT molecular complexity index is 470. The fraction of sp³-hybridized carbons (Fsp3) is 0.737. The first-order valence-electron chi connectivity index (χ1n) is 9.16. The summed E-state index contributed by atoms with van der Waals surface area (Å²) in [5.74, 6) is 1.36. The summed E-state index contributed by atoms with van der Waals surface area (Å²) in [7, 11) is 0. The Morgan fingerprint density at radius 2 is 2.33 bits per heavy atom. The third-order valence-electron chi connectivity index (χ3n) is 5.37. The monoisotopic (exact) mass is 370 g/mol. The summed E-state index contributed by atoms with van der Waals surface area (Å²) in [6, 6.07) is 4.24. The first-order chi connectivity index (χ1) is 11.3. The van der Waals surface area contributed by atoms with Crippen molar-refractivity contribution in [3.8, 4) is 0 Å². The lowest BCUT2D eigenvalue weighted by Gasteiger charge is -2.39. The van der Waals surface area contributed by atoms with Gasteiger partial charge in [-0.2, -0.15) is 11.8 Å². The van der Waals surface area contributed by atoms with Crippen molar-refractivity contribution in [2.45, 2.75) is 62.8 Å². The van der Waals surface area contributed by atoms with E-state index in [0.717, 1.165) is 25.0 Å². The average molecular weight is 371 g/mol. The van der Waals surface area contributed by atoms with Gasteiger partial charge in [-0.15, -0.1) is 12.4 Å². The molecule has 24 heavy (non-hydrogen) atoms. The number of thioether (sulfide) groups is 1. The molecular weight excluding hydrogens is 340 g/mol. The Balaban J connectivity index is 0.00000208. The van der Waals surface area contributed by atoms with Gasteiger partial charge >= 0.3 is 0 Å². The summed E-state index contributed by atoms with van der Waals surface area (Å²) in [6.45, 7) is 6.03. The van der Waals surface area contributed by atoms with E-state index in [0.29, 0.717) is 0 Å². The van der Waals surface area contributed by atoms with Gasteiger partial charge in [-0.3, -0.25) is 9.88 Å². The van der Waals surface area contributed by atoms with Crippen LogP contribution < -0.4 is 0 Å². The van der Waals surface area contributed by atoms with Crippen LogP contribution in [0.5, 0.6) is 0 Å². The average Bonchev–Trinajstić information content (AvgIpc) is 3.23. The molecule has 2 saturated heterocycles. The molecule has 0 aliphatic carbocycles. The largest absolute Gasteiger partial charge is 0.380 e. The van der Waals surface area contributed by atoms with E-state index >= 15 is 0 Å². The lowest BCUT2D eigenvalue weighted by molar-refractivity contribution is 0.00826.